The highest BCUT2D eigenvalue weighted by Gasteiger charge is 2.20. The van der Waals surface area contributed by atoms with Crippen LogP contribution in [0.5, 0.6) is 5.75 Å². The summed E-state index contributed by atoms with van der Waals surface area (Å²) >= 11 is 0. The molecule has 2 amide bonds. The van der Waals surface area contributed by atoms with Crippen LogP contribution >= 0.6 is 0 Å². The molecule has 5 heteroatoms. The summed E-state index contributed by atoms with van der Waals surface area (Å²) in [4.78, 5) is 25.3. The highest BCUT2D eigenvalue weighted by Crippen LogP contribution is 2.22. The first-order valence-electron chi connectivity index (χ1n) is 10.5. The summed E-state index contributed by atoms with van der Waals surface area (Å²) in [6.45, 7) is 4.32. The summed E-state index contributed by atoms with van der Waals surface area (Å²) < 4.78 is 5.86. The van der Waals surface area contributed by atoms with Gasteiger partial charge in [-0.15, -0.1) is 0 Å². The van der Waals surface area contributed by atoms with Crippen molar-refractivity contribution in [1.82, 2.24) is 5.32 Å². The van der Waals surface area contributed by atoms with E-state index in [1.807, 2.05) is 48.5 Å². The van der Waals surface area contributed by atoms with Crippen molar-refractivity contribution in [2.75, 3.05) is 11.9 Å². The normalized spacial score (nSPS) is 12.5. The van der Waals surface area contributed by atoms with Crippen LogP contribution in [0, 0.1) is 0 Å². The van der Waals surface area contributed by atoms with Crippen LogP contribution in [0.2, 0.25) is 0 Å². The van der Waals surface area contributed by atoms with Crippen LogP contribution in [0.15, 0.2) is 84.9 Å². The predicted octanol–water partition coefficient (Wildman–Crippen LogP) is 5.02. The van der Waals surface area contributed by atoms with Crippen molar-refractivity contribution in [3.05, 3.63) is 96.1 Å². The van der Waals surface area contributed by atoms with E-state index in [0.717, 1.165) is 6.42 Å². The fourth-order valence-electron chi connectivity index (χ4n) is 3.31. The summed E-state index contributed by atoms with van der Waals surface area (Å²) in [7, 11) is 0. The molecule has 2 atom stereocenters. The lowest BCUT2D eigenvalue weighted by atomic mass is 9.96. The van der Waals surface area contributed by atoms with Crippen molar-refractivity contribution in [3.8, 4) is 5.75 Å². The maximum Gasteiger partial charge on any atom is 0.260 e. The number of carbonyl (C=O) groups is 2. The minimum Gasteiger partial charge on any atom is -0.480 e. The molecule has 31 heavy (non-hydrogen) atoms. The molecule has 0 aromatic heterocycles. The lowest BCUT2D eigenvalue weighted by Gasteiger charge is -2.20. The van der Waals surface area contributed by atoms with Crippen molar-refractivity contribution >= 4 is 17.5 Å². The Bertz CT molecular complexity index is 990. The third-order valence-electron chi connectivity index (χ3n) is 5.12. The van der Waals surface area contributed by atoms with Gasteiger partial charge in [0.2, 0.25) is 0 Å². The van der Waals surface area contributed by atoms with E-state index >= 15 is 0 Å². The maximum atomic E-state index is 12.7. The number of anilines is 1. The van der Waals surface area contributed by atoms with Crippen LogP contribution in [0.3, 0.4) is 0 Å². The summed E-state index contributed by atoms with van der Waals surface area (Å²) in [5.41, 5.74) is 2.27. The number of ether oxygens (including phenoxy) is 1. The van der Waals surface area contributed by atoms with E-state index < -0.39 is 6.10 Å². The van der Waals surface area contributed by atoms with Gasteiger partial charge in [-0.3, -0.25) is 9.59 Å². The van der Waals surface area contributed by atoms with Gasteiger partial charge in [0.25, 0.3) is 11.8 Å². The Kier molecular flexibility index (Phi) is 7.82. The highest BCUT2D eigenvalue weighted by atomic mass is 16.5. The second kappa shape index (κ2) is 11.0. The van der Waals surface area contributed by atoms with E-state index in [0.29, 0.717) is 23.5 Å². The first-order valence-corrected chi connectivity index (χ1v) is 10.5. The number of para-hydroxylation sites is 2. The number of nitrogens with one attached hydrogen (secondary N) is 2. The number of rotatable bonds is 9. The third-order valence-corrected chi connectivity index (χ3v) is 5.12. The molecule has 0 saturated heterocycles. The molecule has 0 unspecified atom stereocenters. The van der Waals surface area contributed by atoms with Gasteiger partial charge in [-0.2, -0.15) is 0 Å². The van der Waals surface area contributed by atoms with Gasteiger partial charge in [-0.05, 0) is 43.2 Å². The molecule has 0 aliphatic carbocycles. The molecule has 0 radical (unpaired) electrons. The van der Waals surface area contributed by atoms with Crippen LogP contribution in [0.4, 0.5) is 5.69 Å². The van der Waals surface area contributed by atoms with Crippen molar-refractivity contribution in [3.63, 3.8) is 0 Å². The van der Waals surface area contributed by atoms with Gasteiger partial charge in [-0.25, -0.2) is 0 Å². The van der Waals surface area contributed by atoms with Crippen LogP contribution in [-0.4, -0.2) is 24.5 Å². The lowest BCUT2D eigenvalue weighted by molar-refractivity contribution is -0.127. The summed E-state index contributed by atoms with van der Waals surface area (Å²) in [5, 5.41) is 5.82. The van der Waals surface area contributed by atoms with E-state index in [2.05, 4.69) is 29.7 Å². The molecule has 5 nitrogen and oxygen atoms in total. The maximum absolute atomic E-state index is 12.7. The Balaban J connectivity index is 1.61. The van der Waals surface area contributed by atoms with E-state index in [1.54, 1.807) is 31.2 Å². The van der Waals surface area contributed by atoms with Gasteiger partial charge in [0.15, 0.2) is 6.10 Å². The number of benzene rings is 3. The smallest absolute Gasteiger partial charge is 0.260 e. The number of carbonyl (C=O) groups excluding carboxylic acids is 2. The third kappa shape index (κ3) is 6.19. The minimum absolute atomic E-state index is 0.215. The molecular formula is C26H28N2O3. The summed E-state index contributed by atoms with van der Waals surface area (Å²) in [6, 6.07) is 26.3. The van der Waals surface area contributed by atoms with Gasteiger partial charge in [0.05, 0.1) is 5.56 Å². The van der Waals surface area contributed by atoms with E-state index in [9.17, 15) is 9.59 Å². The molecule has 0 heterocycles. The topological polar surface area (TPSA) is 67.4 Å². The Morgan fingerprint density at radius 3 is 2.16 bits per heavy atom. The summed E-state index contributed by atoms with van der Waals surface area (Å²) in [6.07, 6.45) is 0.182. The van der Waals surface area contributed by atoms with Gasteiger partial charge in [0, 0.05) is 18.2 Å². The molecule has 160 valence electrons. The van der Waals surface area contributed by atoms with E-state index in [-0.39, 0.29) is 17.7 Å². The Morgan fingerprint density at radius 2 is 1.48 bits per heavy atom. The molecule has 3 aromatic carbocycles. The molecule has 0 spiro atoms. The van der Waals surface area contributed by atoms with E-state index in [1.165, 1.54) is 5.56 Å². The van der Waals surface area contributed by atoms with Crippen molar-refractivity contribution in [2.24, 2.45) is 0 Å². The molecular weight excluding hydrogens is 388 g/mol. The number of amides is 2. The second-order valence-corrected chi connectivity index (χ2v) is 7.34. The number of hydrogen-bond donors (Lipinski definition) is 2. The van der Waals surface area contributed by atoms with Crippen LogP contribution in [0.1, 0.15) is 42.1 Å². The van der Waals surface area contributed by atoms with Crippen LogP contribution in [0.25, 0.3) is 0 Å². The highest BCUT2D eigenvalue weighted by molar-refractivity contribution is 6.06. The summed E-state index contributed by atoms with van der Waals surface area (Å²) in [5.74, 6) is 0.104. The van der Waals surface area contributed by atoms with E-state index in [4.69, 9.17) is 4.74 Å². The zero-order chi connectivity index (χ0) is 22.1. The Labute approximate surface area is 183 Å². The molecule has 0 saturated carbocycles. The molecule has 0 fully saturated rings. The van der Waals surface area contributed by atoms with Gasteiger partial charge in [-0.1, -0.05) is 67.6 Å². The standard InChI is InChI=1S/C26H28N2O3/c1-3-20(21-12-6-4-7-13-21)18-27-25(29)19(2)31-24-17-11-10-16-23(24)26(30)28-22-14-8-5-9-15-22/h4-17,19-20H,3,18H2,1-2H3,(H,27,29)(H,28,30)/t19-,20-/m1/s1. The van der Waals surface area contributed by atoms with Crippen LogP contribution in [-0.2, 0) is 4.79 Å². The molecule has 3 aromatic rings. The van der Waals surface area contributed by atoms with Gasteiger partial charge in [0.1, 0.15) is 5.75 Å². The predicted molar refractivity (Wildman–Crippen MR) is 123 cm³/mol. The quantitative estimate of drug-likeness (QED) is 0.515. The Hall–Kier alpha value is -3.60. The molecule has 0 aliphatic heterocycles. The van der Waals surface area contributed by atoms with Gasteiger partial charge >= 0.3 is 0 Å². The first kappa shape index (κ1) is 22.1. The monoisotopic (exact) mass is 416 g/mol. The zero-order valence-corrected chi connectivity index (χ0v) is 17.9. The molecule has 3 rings (SSSR count). The lowest BCUT2D eigenvalue weighted by Crippen LogP contribution is -2.38. The first-order chi connectivity index (χ1) is 15.1. The van der Waals surface area contributed by atoms with Crippen LogP contribution < -0.4 is 15.4 Å². The van der Waals surface area contributed by atoms with Crippen molar-refractivity contribution < 1.29 is 14.3 Å². The second-order valence-electron chi connectivity index (χ2n) is 7.34. The minimum atomic E-state index is -0.737. The Morgan fingerprint density at radius 1 is 0.871 bits per heavy atom. The average Bonchev–Trinajstić information content (AvgIpc) is 2.81. The van der Waals surface area contributed by atoms with Crippen molar-refractivity contribution in [1.29, 1.82) is 0 Å². The molecule has 0 bridgehead atoms. The average molecular weight is 417 g/mol. The number of hydrogen-bond acceptors (Lipinski definition) is 3. The van der Waals surface area contributed by atoms with Gasteiger partial charge < -0.3 is 15.4 Å². The molecule has 0 aliphatic rings. The largest absolute Gasteiger partial charge is 0.480 e. The zero-order valence-electron chi connectivity index (χ0n) is 17.9. The fraction of sp³-hybridized carbons (Fsp3) is 0.231. The van der Waals surface area contributed by atoms with Crippen molar-refractivity contribution in [2.45, 2.75) is 32.3 Å². The SMILES string of the molecule is CC[C@H](CNC(=O)[C@@H](C)Oc1ccccc1C(=O)Nc1ccccc1)c1ccccc1. The molecule has 2 N–H and O–H groups in total. The fourth-order valence-corrected chi connectivity index (χ4v) is 3.31.